The van der Waals surface area contributed by atoms with Crippen molar-refractivity contribution in [2.24, 2.45) is 0 Å². The SMILES string of the molecule is [CH2-]C(=O)OCC.[CH2-]CC(=O)N1CC(C)N(Cc2ccccc2)CC1C.[CH3-].[Y+3]. The summed E-state index contributed by atoms with van der Waals surface area (Å²) in [6.07, 6.45) is 0.357. The Balaban J connectivity index is 0. The molecule has 0 saturated carbocycles. The first kappa shape index (κ1) is 28.3. The van der Waals surface area contributed by atoms with Crippen molar-refractivity contribution in [3.63, 3.8) is 0 Å². The van der Waals surface area contributed by atoms with Gasteiger partial charge < -0.3 is 24.0 Å². The third-order valence-electron chi connectivity index (χ3n) is 4.18. The molecule has 0 aliphatic carbocycles. The van der Waals surface area contributed by atoms with E-state index >= 15 is 0 Å². The standard InChI is InChI=1S/C16H23N2O.C4H7O2.CH3.Y/c1-4-16(19)18-11-13(2)17(10-14(18)3)12-15-8-6-5-7-9-15;1-3-6-4(2)5;;/h5-9,13-14H,1,4,10-12H2,2-3H3;2-3H2,1H3;1H3;/q3*-1;+3. The van der Waals surface area contributed by atoms with Crippen LogP contribution in [0.4, 0.5) is 0 Å². The van der Waals surface area contributed by atoms with Crippen molar-refractivity contribution in [2.45, 2.75) is 45.8 Å². The van der Waals surface area contributed by atoms with Crippen LogP contribution in [0, 0.1) is 21.3 Å². The molecule has 1 saturated heterocycles. The first-order valence-electron chi connectivity index (χ1n) is 8.74. The molecule has 0 spiro atoms. The number of carbonyl (C=O) groups excluding carboxylic acids is 2. The van der Waals surface area contributed by atoms with Gasteiger partial charge in [0.15, 0.2) is 11.9 Å². The minimum atomic E-state index is -0.461. The smallest absolute Gasteiger partial charge is 0.489 e. The Hall–Kier alpha value is -0.906. The average molecular weight is 450 g/mol. The van der Waals surface area contributed by atoms with Gasteiger partial charge in [-0.15, -0.1) is 6.42 Å². The van der Waals surface area contributed by atoms with E-state index in [4.69, 9.17) is 0 Å². The summed E-state index contributed by atoms with van der Waals surface area (Å²) >= 11 is 0. The van der Waals surface area contributed by atoms with E-state index in [1.165, 1.54) is 5.56 Å². The molecule has 0 radical (unpaired) electrons. The Bertz CT molecular complexity index is 539. The quantitative estimate of drug-likeness (QED) is 0.523. The van der Waals surface area contributed by atoms with E-state index in [2.05, 4.69) is 61.6 Å². The van der Waals surface area contributed by atoms with Crippen LogP contribution in [0.3, 0.4) is 0 Å². The van der Waals surface area contributed by atoms with Gasteiger partial charge in [-0.05, 0) is 26.3 Å². The number of esters is 1. The van der Waals surface area contributed by atoms with Crippen LogP contribution in [0.25, 0.3) is 0 Å². The van der Waals surface area contributed by atoms with E-state index in [0.29, 0.717) is 19.1 Å². The molecular formula is C21H33N2O3Y. The van der Waals surface area contributed by atoms with Gasteiger partial charge in [-0.3, -0.25) is 21.4 Å². The van der Waals surface area contributed by atoms with Crippen LogP contribution in [-0.2, 0) is 53.6 Å². The topological polar surface area (TPSA) is 49.9 Å². The van der Waals surface area contributed by atoms with Crippen LogP contribution >= 0.6 is 0 Å². The van der Waals surface area contributed by atoms with Crippen molar-refractivity contribution in [3.8, 4) is 0 Å². The zero-order valence-electron chi connectivity index (χ0n) is 17.2. The van der Waals surface area contributed by atoms with E-state index in [-0.39, 0.29) is 52.1 Å². The molecule has 0 aromatic heterocycles. The fourth-order valence-electron chi connectivity index (χ4n) is 2.89. The predicted molar refractivity (Wildman–Crippen MR) is 106 cm³/mol. The summed E-state index contributed by atoms with van der Waals surface area (Å²) < 4.78 is 4.29. The molecule has 1 aliphatic rings. The van der Waals surface area contributed by atoms with Gasteiger partial charge in [0.1, 0.15) is 0 Å². The summed E-state index contributed by atoms with van der Waals surface area (Å²) in [5.41, 5.74) is 1.33. The second kappa shape index (κ2) is 15.1. The van der Waals surface area contributed by atoms with Gasteiger partial charge >= 0.3 is 32.7 Å². The largest absolute Gasteiger partial charge is 3.00 e. The van der Waals surface area contributed by atoms with Gasteiger partial charge in [-0.2, -0.15) is 0 Å². The first-order valence-corrected chi connectivity index (χ1v) is 8.74. The number of amides is 1. The van der Waals surface area contributed by atoms with E-state index in [1.807, 2.05) is 11.0 Å². The second-order valence-corrected chi connectivity index (χ2v) is 6.21. The molecule has 0 bridgehead atoms. The molecule has 6 heteroatoms. The van der Waals surface area contributed by atoms with Gasteiger partial charge in [0.05, 0.1) is 6.61 Å². The summed E-state index contributed by atoms with van der Waals surface area (Å²) in [7, 11) is 0. The first-order chi connectivity index (χ1) is 11.9. The Kier molecular flexibility index (Phi) is 15.8. The molecule has 148 valence electrons. The molecule has 1 aromatic rings. The maximum atomic E-state index is 11.8. The number of nitrogens with zero attached hydrogens (tertiary/aromatic N) is 2. The third-order valence-corrected chi connectivity index (χ3v) is 4.18. The fourth-order valence-corrected chi connectivity index (χ4v) is 2.89. The predicted octanol–water partition coefficient (Wildman–Crippen LogP) is 3.16. The molecule has 2 rings (SSSR count). The van der Waals surface area contributed by atoms with Crippen molar-refractivity contribution in [2.75, 3.05) is 19.7 Å². The van der Waals surface area contributed by atoms with Crippen LogP contribution in [-0.4, -0.2) is 53.5 Å². The Labute approximate surface area is 190 Å². The zero-order valence-corrected chi connectivity index (χ0v) is 20.0. The van der Waals surface area contributed by atoms with Crippen molar-refractivity contribution in [3.05, 3.63) is 57.2 Å². The van der Waals surface area contributed by atoms with Gasteiger partial charge in [0.25, 0.3) is 0 Å². The van der Waals surface area contributed by atoms with Crippen molar-refractivity contribution in [1.29, 1.82) is 0 Å². The monoisotopic (exact) mass is 450 g/mol. The van der Waals surface area contributed by atoms with E-state index in [9.17, 15) is 9.59 Å². The number of hydrogen-bond donors (Lipinski definition) is 0. The average Bonchev–Trinajstić information content (AvgIpc) is 2.58. The third kappa shape index (κ3) is 10.3. The van der Waals surface area contributed by atoms with Crippen LogP contribution in [0.2, 0.25) is 0 Å². The number of piperazine rings is 1. The molecule has 1 heterocycles. The van der Waals surface area contributed by atoms with Gasteiger partial charge in [0, 0.05) is 31.7 Å². The second-order valence-electron chi connectivity index (χ2n) is 6.21. The summed E-state index contributed by atoms with van der Waals surface area (Å²) in [6.45, 7) is 15.8. The Morgan fingerprint density at radius 1 is 1.15 bits per heavy atom. The maximum absolute atomic E-state index is 11.8. The van der Waals surface area contributed by atoms with Crippen LogP contribution in [0.15, 0.2) is 30.3 Å². The number of ether oxygens (including phenoxy) is 1. The molecule has 0 N–H and O–H groups in total. The van der Waals surface area contributed by atoms with Gasteiger partial charge in [0.2, 0.25) is 0 Å². The molecule has 1 amide bonds. The molecule has 2 atom stereocenters. The van der Waals surface area contributed by atoms with Crippen LogP contribution in [0.1, 0.15) is 32.8 Å². The maximum Gasteiger partial charge on any atom is 3.00 e. The van der Waals surface area contributed by atoms with E-state index < -0.39 is 5.97 Å². The molecule has 27 heavy (non-hydrogen) atoms. The molecule has 1 aromatic carbocycles. The number of hydrogen-bond acceptors (Lipinski definition) is 4. The van der Waals surface area contributed by atoms with Gasteiger partial charge in [-0.25, -0.2) is 0 Å². The Morgan fingerprint density at radius 2 is 1.74 bits per heavy atom. The van der Waals surface area contributed by atoms with Gasteiger partial charge in [-0.1, -0.05) is 30.3 Å². The van der Waals surface area contributed by atoms with Crippen LogP contribution in [0.5, 0.6) is 0 Å². The molecular weight excluding hydrogens is 417 g/mol. The molecule has 1 fully saturated rings. The summed E-state index contributed by atoms with van der Waals surface area (Å²) in [5, 5.41) is 0. The summed E-state index contributed by atoms with van der Waals surface area (Å²) in [4.78, 5) is 26.0. The molecule has 2 unspecified atom stereocenters. The van der Waals surface area contributed by atoms with E-state index in [0.717, 1.165) is 19.6 Å². The minimum Gasteiger partial charge on any atom is -0.489 e. The number of carbonyl (C=O) groups is 2. The number of benzene rings is 1. The fraction of sp³-hybridized carbons (Fsp3) is 0.476. The van der Waals surface area contributed by atoms with Crippen molar-refractivity contribution < 1.29 is 47.0 Å². The molecule has 5 nitrogen and oxygen atoms in total. The molecule has 1 aliphatic heterocycles. The zero-order chi connectivity index (χ0) is 18.8. The van der Waals surface area contributed by atoms with E-state index in [1.54, 1.807) is 6.92 Å². The summed E-state index contributed by atoms with van der Waals surface area (Å²) in [6, 6.07) is 11.2. The summed E-state index contributed by atoms with van der Waals surface area (Å²) in [5.74, 6) is -0.295. The minimum absolute atomic E-state index is 0. The van der Waals surface area contributed by atoms with Crippen molar-refractivity contribution in [1.82, 2.24) is 9.80 Å². The normalized spacial score (nSPS) is 18.9. The van der Waals surface area contributed by atoms with Crippen LogP contribution < -0.4 is 0 Å². The van der Waals surface area contributed by atoms with Crippen molar-refractivity contribution >= 4 is 11.9 Å². The number of rotatable bonds is 4. The Morgan fingerprint density at radius 3 is 2.19 bits per heavy atom.